The number of carboxylic acids is 3. The Hall–Kier alpha value is -4.11. The van der Waals surface area contributed by atoms with E-state index >= 15 is 0 Å². The molecule has 2 heterocycles. The molecule has 49 heavy (non-hydrogen) atoms. The molecule has 2 aliphatic rings. The summed E-state index contributed by atoms with van der Waals surface area (Å²) in [5.41, 5.74) is -6.27. The predicted molar refractivity (Wildman–Crippen MR) is 171 cm³/mol. The summed E-state index contributed by atoms with van der Waals surface area (Å²) in [5, 5.41) is 53.5. The zero-order valence-corrected chi connectivity index (χ0v) is 28.2. The normalized spacial score (nSPS) is 30.1. The summed E-state index contributed by atoms with van der Waals surface area (Å²) < 4.78 is 22.0. The van der Waals surface area contributed by atoms with Gasteiger partial charge < -0.3 is 44.5 Å². The first kappa shape index (κ1) is 39.3. The van der Waals surface area contributed by atoms with Gasteiger partial charge in [-0.15, -0.1) is 0 Å². The number of hydrogen-bond acceptors (Lipinski definition) is 11. The molecule has 2 bridgehead atoms. The number of carbonyl (C=O) groups is 5. The molecule has 1 aromatic rings. The number of benzene rings is 1. The maximum absolute atomic E-state index is 13.0. The van der Waals surface area contributed by atoms with Crippen LogP contribution in [0.25, 0.3) is 0 Å². The van der Waals surface area contributed by atoms with E-state index < -0.39 is 77.7 Å². The van der Waals surface area contributed by atoms with Crippen molar-refractivity contribution in [2.24, 2.45) is 17.8 Å². The third kappa shape index (κ3) is 7.88. The topological polar surface area (TPSA) is 223 Å². The van der Waals surface area contributed by atoms with Crippen molar-refractivity contribution in [3.8, 4) is 0 Å². The first-order valence-electron chi connectivity index (χ1n) is 16.1. The van der Waals surface area contributed by atoms with Crippen molar-refractivity contribution in [2.45, 2.75) is 108 Å². The van der Waals surface area contributed by atoms with E-state index in [1.807, 2.05) is 51.1 Å². The minimum Gasteiger partial charge on any atom is -0.479 e. The second-order valence-corrected chi connectivity index (χ2v) is 13.1. The molecule has 2 saturated heterocycles. The molecule has 2 aliphatic heterocycles. The number of fused-ring (bicyclic) bond motifs is 2. The number of hydrogen-bond donors (Lipinski definition) is 5. The lowest BCUT2D eigenvalue weighted by Crippen LogP contribution is -2.78. The molecule has 0 saturated carbocycles. The van der Waals surface area contributed by atoms with Gasteiger partial charge in [0.15, 0.2) is 6.10 Å². The molecule has 0 amide bonds. The monoisotopic (exact) mass is 690 g/mol. The third-order valence-electron chi connectivity index (χ3n) is 9.29. The van der Waals surface area contributed by atoms with Crippen LogP contribution in [0.15, 0.2) is 54.6 Å². The van der Waals surface area contributed by atoms with E-state index in [9.17, 15) is 49.5 Å². The van der Waals surface area contributed by atoms with Gasteiger partial charge in [0, 0.05) is 25.3 Å². The molecule has 1 aromatic carbocycles. The summed E-state index contributed by atoms with van der Waals surface area (Å²) in [4.78, 5) is 63.0. The summed E-state index contributed by atoms with van der Waals surface area (Å²) in [5.74, 6) is -11.3. The Kier molecular flexibility index (Phi) is 12.5. The summed E-state index contributed by atoms with van der Waals surface area (Å²) in [7, 11) is 0. The van der Waals surface area contributed by atoms with Crippen molar-refractivity contribution >= 4 is 29.8 Å². The molecule has 0 aliphatic carbocycles. The molecule has 3 rings (SSSR count). The number of carbonyl (C=O) groups excluding carboxylic acids is 2. The number of carboxylic acid groups (broad SMARTS) is 3. The maximum atomic E-state index is 13.0. The molecule has 270 valence electrons. The molecule has 0 spiro atoms. The van der Waals surface area contributed by atoms with E-state index in [0.717, 1.165) is 18.1 Å². The van der Waals surface area contributed by atoms with Crippen LogP contribution in [-0.4, -0.2) is 96.8 Å². The Bertz CT molecular complexity index is 1440. The van der Waals surface area contributed by atoms with E-state index in [1.165, 1.54) is 13.0 Å². The fourth-order valence-electron chi connectivity index (χ4n) is 6.58. The first-order chi connectivity index (χ1) is 22.9. The van der Waals surface area contributed by atoms with Crippen LogP contribution < -0.4 is 0 Å². The van der Waals surface area contributed by atoms with Crippen molar-refractivity contribution in [2.75, 3.05) is 0 Å². The molecule has 14 heteroatoms. The van der Waals surface area contributed by atoms with Crippen molar-refractivity contribution < 1.29 is 68.5 Å². The van der Waals surface area contributed by atoms with Crippen molar-refractivity contribution in [1.82, 2.24) is 0 Å². The highest BCUT2D eigenvalue weighted by Crippen LogP contribution is 2.56. The van der Waals surface area contributed by atoms with Crippen molar-refractivity contribution in [3.05, 3.63) is 60.2 Å². The van der Waals surface area contributed by atoms with Gasteiger partial charge in [-0.05, 0) is 42.2 Å². The quantitative estimate of drug-likeness (QED) is 0.0901. The molecule has 2 fully saturated rings. The molecular weight excluding hydrogens is 644 g/mol. The molecule has 5 N–H and O–H groups in total. The van der Waals surface area contributed by atoms with Gasteiger partial charge in [-0.1, -0.05) is 77.1 Å². The van der Waals surface area contributed by atoms with Crippen molar-refractivity contribution in [3.63, 3.8) is 0 Å². The van der Waals surface area contributed by atoms with E-state index in [2.05, 4.69) is 6.58 Å². The molecule has 10 atom stereocenters. The van der Waals surface area contributed by atoms with Gasteiger partial charge in [-0.3, -0.25) is 4.79 Å². The van der Waals surface area contributed by atoms with E-state index in [0.29, 0.717) is 18.8 Å². The zero-order valence-electron chi connectivity index (χ0n) is 28.2. The van der Waals surface area contributed by atoms with Gasteiger partial charge in [0.05, 0.1) is 0 Å². The average Bonchev–Trinajstić information content (AvgIpc) is 3.25. The maximum Gasteiger partial charge on any atom is 0.344 e. The van der Waals surface area contributed by atoms with Crippen LogP contribution in [0, 0.1) is 17.8 Å². The smallest absolute Gasteiger partial charge is 0.344 e. The molecule has 0 unspecified atom stereocenters. The molecular formula is C35H46O14. The van der Waals surface area contributed by atoms with Crippen LogP contribution in [0.2, 0.25) is 0 Å². The summed E-state index contributed by atoms with van der Waals surface area (Å²) in [6, 6.07) is 9.29. The summed E-state index contributed by atoms with van der Waals surface area (Å²) in [6.07, 6.45) is -4.83. The fourth-order valence-corrected chi connectivity index (χ4v) is 6.58. The first-order valence-corrected chi connectivity index (χ1v) is 16.1. The van der Waals surface area contributed by atoms with Gasteiger partial charge in [0.2, 0.25) is 23.1 Å². The Morgan fingerprint density at radius 1 is 1.04 bits per heavy atom. The largest absolute Gasteiger partial charge is 0.479 e. The lowest BCUT2D eigenvalue weighted by Gasteiger charge is -2.48. The van der Waals surface area contributed by atoms with Gasteiger partial charge in [-0.25, -0.2) is 19.2 Å². The molecule has 0 radical (unpaired) electrons. The Morgan fingerprint density at radius 2 is 1.67 bits per heavy atom. The van der Waals surface area contributed by atoms with E-state index in [4.69, 9.17) is 18.9 Å². The molecule has 14 nitrogen and oxygen atoms in total. The van der Waals surface area contributed by atoms with Gasteiger partial charge in [-0.2, -0.15) is 0 Å². The minimum atomic E-state index is -3.90. The predicted octanol–water partition coefficient (Wildman–Crippen LogP) is 2.88. The molecule has 0 aromatic heterocycles. The van der Waals surface area contributed by atoms with Gasteiger partial charge in [0.25, 0.3) is 0 Å². The zero-order chi connectivity index (χ0) is 36.9. The Balaban J connectivity index is 2.02. The minimum absolute atomic E-state index is 0.123. The van der Waals surface area contributed by atoms with Crippen LogP contribution in [-0.2, 0) is 49.3 Å². The highest BCUT2D eigenvalue weighted by atomic mass is 16.8. The standard InChI is InChI=1S/C35H46O14/c1-7-19(2)17-20(3)13-14-25(37)47-28-27(38)33(48-29(30(39)40)34(45,31(41)42)35(28,49-33)32(43)44)16-15-21(4)26(46-23(6)36)22(5)18-24-11-9-8-10-12-24/h8-14,19-20,22,26-29,38,45H,4,7,15-18H2,1-3,5-6H3,(H,39,40)(H,41,42)(H,43,44)/b14-13+/t19-,20+,22+,26+,27-,28-,29-,33+,34-,35+/m1/s1. The Labute approximate surface area is 284 Å². The number of ether oxygens (including phenoxy) is 4. The highest BCUT2D eigenvalue weighted by Gasteiger charge is 2.85. The third-order valence-corrected chi connectivity index (χ3v) is 9.29. The van der Waals surface area contributed by atoms with Crippen LogP contribution in [0.3, 0.4) is 0 Å². The number of esters is 2. The van der Waals surface area contributed by atoms with E-state index in [-0.39, 0.29) is 23.8 Å². The fraction of sp³-hybridized carbons (Fsp3) is 0.571. The van der Waals surface area contributed by atoms with Crippen molar-refractivity contribution in [1.29, 1.82) is 0 Å². The van der Waals surface area contributed by atoms with E-state index in [1.54, 1.807) is 6.92 Å². The number of allylic oxidation sites excluding steroid dienone is 1. The van der Waals surface area contributed by atoms with Crippen LogP contribution in [0.5, 0.6) is 0 Å². The van der Waals surface area contributed by atoms with Crippen LogP contribution in [0.1, 0.15) is 65.9 Å². The highest BCUT2D eigenvalue weighted by molar-refractivity contribution is 5.98. The average molecular weight is 691 g/mol. The number of aliphatic carboxylic acids is 3. The summed E-state index contributed by atoms with van der Waals surface area (Å²) >= 11 is 0. The van der Waals surface area contributed by atoms with Gasteiger partial charge in [0.1, 0.15) is 12.2 Å². The summed E-state index contributed by atoms with van der Waals surface area (Å²) in [6.45, 7) is 12.9. The van der Waals surface area contributed by atoms with Crippen LogP contribution >= 0.6 is 0 Å². The SMILES string of the molecule is C=C(CC[C@]12O[C@H](C(=O)O)[C@@](O)(C(=O)O)[C@](C(=O)O)(O1)[C@H](OC(=O)/C=C/[C@H](C)C[C@H](C)CC)[C@H]2O)[C@H](OC(C)=O)[C@@H](C)Cc1ccccc1. The lowest BCUT2D eigenvalue weighted by molar-refractivity contribution is -0.374. The Morgan fingerprint density at radius 3 is 2.20 bits per heavy atom. The number of rotatable bonds is 17. The second kappa shape index (κ2) is 15.6. The van der Waals surface area contributed by atoms with Crippen LogP contribution in [0.4, 0.5) is 0 Å². The van der Waals surface area contributed by atoms with Gasteiger partial charge >= 0.3 is 29.8 Å². The lowest BCUT2D eigenvalue weighted by atomic mass is 9.74. The second-order valence-electron chi connectivity index (χ2n) is 13.1. The number of aliphatic hydroxyl groups excluding tert-OH is 1. The number of aliphatic hydroxyl groups is 2.